The van der Waals surface area contributed by atoms with Crippen LogP contribution in [0, 0.1) is 11.3 Å². The summed E-state index contributed by atoms with van der Waals surface area (Å²) in [4.78, 5) is 0. The second kappa shape index (κ2) is 8.38. The van der Waals surface area contributed by atoms with Crippen LogP contribution in [0.4, 0.5) is 0 Å². The summed E-state index contributed by atoms with van der Waals surface area (Å²) in [6.07, 6.45) is 3.40. The van der Waals surface area contributed by atoms with Gasteiger partial charge in [0.05, 0.1) is 13.2 Å². The fourth-order valence-electron chi connectivity index (χ4n) is 2.20. The van der Waals surface area contributed by atoms with E-state index in [9.17, 15) is 0 Å². The molecule has 0 saturated carbocycles. The molecule has 1 unspecified atom stereocenters. The van der Waals surface area contributed by atoms with Crippen molar-refractivity contribution >= 4 is 6.21 Å². The van der Waals surface area contributed by atoms with Crippen LogP contribution in [0.3, 0.4) is 0 Å². The number of benzene rings is 2. The molecule has 2 rings (SSSR count). The number of nitrogens with one attached hydrogen (secondary N) is 1. The van der Waals surface area contributed by atoms with Gasteiger partial charge in [-0.1, -0.05) is 61.5 Å². The van der Waals surface area contributed by atoms with Gasteiger partial charge in [0.25, 0.3) is 0 Å². The maximum atomic E-state index is 7.27. The van der Waals surface area contributed by atoms with E-state index in [1.54, 1.807) is 0 Å². The van der Waals surface area contributed by atoms with Crippen molar-refractivity contribution in [3.05, 3.63) is 71.3 Å². The average molecular weight is 281 g/mol. The summed E-state index contributed by atoms with van der Waals surface area (Å²) in [6, 6.07) is 19.1. The van der Waals surface area contributed by atoms with Crippen LogP contribution in [0.25, 0.3) is 0 Å². The predicted molar refractivity (Wildman–Crippen MR) is 87.9 cm³/mol. The fraction of sp³-hybridized carbons (Fsp3) is 0.316. The van der Waals surface area contributed by atoms with Crippen LogP contribution in [-0.4, -0.2) is 12.8 Å². The number of hydrogen-bond acceptors (Lipinski definition) is 2. The van der Waals surface area contributed by atoms with Crippen LogP contribution < -0.4 is 0 Å². The van der Waals surface area contributed by atoms with Crippen LogP contribution in [0.5, 0.6) is 0 Å². The minimum atomic E-state index is 0.238. The van der Waals surface area contributed by atoms with Crippen molar-refractivity contribution < 1.29 is 4.74 Å². The molecule has 0 fully saturated rings. The molecule has 0 heterocycles. The lowest BCUT2D eigenvalue weighted by atomic mass is 10.0. The minimum absolute atomic E-state index is 0.238. The Bertz CT molecular complexity index is 533. The Morgan fingerprint density at radius 1 is 0.952 bits per heavy atom. The van der Waals surface area contributed by atoms with Crippen molar-refractivity contribution in [2.45, 2.75) is 26.4 Å². The van der Waals surface area contributed by atoms with Crippen LogP contribution in [0.1, 0.15) is 30.0 Å². The van der Waals surface area contributed by atoms with E-state index in [4.69, 9.17) is 10.1 Å². The summed E-state index contributed by atoms with van der Waals surface area (Å²) >= 11 is 0. The molecule has 0 spiro atoms. The van der Waals surface area contributed by atoms with E-state index in [0.29, 0.717) is 13.2 Å². The van der Waals surface area contributed by atoms with Gasteiger partial charge in [-0.3, -0.25) is 0 Å². The summed E-state index contributed by atoms with van der Waals surface area (Å²) in [7, 11) is 0. The van der Waals surface area contributed by atoms with Gasteiger partial charge in [-0.2, -0.15) is 0 Å². The van der Waals surface area contributed by atoms with Gasteiger partial charge in [-0.25, -0.2) is 0 Å². The molecule has 0 aliphatic rings. The highest BCUT2D eigenvalue weighted by Gasteiger charge is 2.02. The highest BCUT2D eigenvalue weighted by atomic mass is 16.5. The summed E-state index contributed by atoms with van der Waals surface area (Å²) in [6.45, 7) is 3.33. The summed E-state index contributed by atoms with van der Waals surface area (Å²) in [5.41, 5.74) is 3.83. The van der Waals surface area contributed by atoms with Crippen molar-refractivity contribution in [1.29, 1.82) is 5.41 Å². The molecule has 2 aromatic carbocycles. The highest BCUT2D eigenvalue weighted by molar-refractivity contribution is 5.56. The Kier molecular flexibility index (Phi) is 6.17. The third-order valence-electron chi connectivity index (χ3n) is 3.63. The lowest BCUT2D eigenvalue weighted by molar-refractivity contribution is 0.104. The largest absolute Gasteiger partial charge is 0.376 e. The molecule has 0 aromatic heterocycles. The maximum Gasteiger partial charge on any atom is 0.0717 e. The van der Waals surface area contributed by atoms with Crippen LogP contribution in [0.15, 0.2) is 54.6 Å². The van der Waals surface area contributed by atoms with Crippen molar-refractivity contribution in [2.24, 2.45) is 5.92 Å². The molecule has 0 saturated heterocycles. The van der Waals surface area contributed by atoms with Crippen molar-refractivity contribution in [2.75, 3.05) is 6.61 Å². The molecular formula is C19H23NO. The van der Waals surface area contributed by atoms with E-state index in [-0.39, 0.29) is 5.92 Å². The Morgan fingerprint density at radius 3 is 2.19 bits per heavy atom. The van der Waals surface area contributed by atoms with Crippen molar-refractivity contribution in [3.63, 3.8) is 0 Å². The molecular weight excluding hydrogens is 258 g/mol. The van der Waals surface area contributed by atoms with Crippen LogP contribution in [0.2, 0.25) is 0 Å². The molecule has 110 valence electrons. The monoisotopic (exact) mass is 281 g/mol. The molecule has 2 nitrogen and oxygen atoms in total. The molecule has 0 amide bonds. The molecule has 0 radical (unpaired) electrons. The van der Waals surface area contributed by atoms with E-state index >= 15 is 0 Å². The molecule has 0 aliphatic heterocycles. The van der Waals surface area contributed by atoms with E-state index in [2.05, 4.69) is 55.5 Å². The van der Waals surface area contributed by atoms with Crippen LogP contribution in [-0.2, 0) is 17.8 Å². The molecule has 1 N–H and O–H groups in total. The zero-order valence-electron chi connectivity index (χ0n) is 12.6. The van der Waals surface area contributed by atoms with Gasteiger partial charge in [0.15, 0.2) is 0 Å². The van der Waals surface area contributed by atoms with E-state index in [1.807, 2.05) is 6.07 Å². The number of ether oxygens (including phenoxy) is 1. The van der Waals surface area contributed by atoms with E-state index in [0.717, 1.165) is 12.8 Å². The number of hydrogen-bond donors (Lipinski definition) is 1. The second-order valence-corrected chi connectivity index (χ2v) is 5.33. The second-order valence-electron chi connectivity index (χ2n) is 5.33. The SMILES string of the molecule is CCC(C=N)COCc1ccc(Cc2ccccc2)cc1. The lowest BCUT2D eigenvalue weighted by Crippen LogP contribution is -2.09. The molecule has 0 bridgehead atoms. The maximum absolute atomic E-state index is 7.27. The van der Waals surface area contributed by atoms with Gasteiger partial charge < -0.3 is 10.1 Å². The van der Waals surface area contributed by atoms with Gasteiger partial charge in [-0.05, 0) is 29.5 Å². The molecule has 2 aromatic rings. The first-order valence-corrected chi connectivity index (χ1v) is 7.52. The molecule has 1 atom stereocenters. The van der Waals surface area contributed by atoms with Crippen molar-refractivity contribution in [3.8, 4) is 0 Å². The first-order chi connectivity index (χ1) is 10.3. The Labute approximate surface area is 127 Å². The lowest BCUT2D eigenvalue weighted by Gasteiger charge is -2.10. The summed E-state index contributed by atoms with van der Waals surface area (Å²) in [5.74, 6) is 0.238. The third kappa shape index (κ3) is 5.16. The normalized spacial score (nSPS) is 12.0. The third-order valence-corrected chi connectivity index (χ3v) is 3.63. The highest BCUT2D eigenvalue weighted by Crippen LogP contribution is 2.12. The first-order valence-electron chi connectivity index (χ1n) is 7.52. The Morgan fingerprint density at radius 2 is 1.57 bits per heavy atom. The number of rotatable bonds is 8. The first kappa shape index (κ1) is 15.5. The zero-order chi connectivity index (χ0) is 14.9. The molecule has 2 heteroatoms. The minimum Gasteiger partial charge on any atom is -0.376 e. The van der Waals surface area contributed by atoms with Gasteiger partial charge in [-0.15, -0.1) is 0 Å². The van der Waals surface area contributed by atoms with Gasteiger partial charge in [0.1, 0.15) is 0 Å². The van der Waals surface area contributed by atoms with Gasteiger partial charge in [0, 0.05) is 12.1 Å². The van der Waals surface area contributed by atoms with Crippen LogP contribution >= 0.6 is 0 Å². The predicted octanol–water partition coefficient (Wildman–Crippen LogP) is 4.47. The standard InChI is InChI=1S/C19H23NO/c1-2-16(13-20)14-21-15-19-10-8-18(9-11-19)12-17-6-4-3-5-7-17/h3-11,13,16,20H,2,12,14-15H2,1H3. The Balaban J connectivity index is 1.83. The zero-order valence-corrected chi connectivity index (χ0v) is 12.6. The molecule has 21 heavy (non-hydrogen) atoms. The summed E-state index contributed by atoms with van der Waals surface area (Å²) in [5, 5.41) is 7.27. The summed E-state index contributed by atoms with van der Waals surface area (Å²) < 4.78 is 5.67. The smallest absolute Gasteiger partial charge is 0.0717 e. The topological polar surface area (TPSA) is 33.1 Å². The average Bonchev–Trinajstić information content (AvgIpc) is 2.54. The van der Waals surface area contributed by atoms with Gasteiger partial charge in [0.2, 0.25) is 0 Å². The van der Waals surface area contributed by atoms with Crippen molar-refractivity contribution in [1.82, 2.24) is 0 Å². The molecule has 0 aliphatic carbocycles. The van der Waals surface area contributed by atoms with E-state index < -0.39 is 0 Å². The fourth-order valence-corrected chi connectivity index (χ4v) is 2.20. The Hall–Kier alpha value is -1.93. The van der Waals surface area contributed by atoms with Gasteiger partial charge >= 0.3 is 0 Å². The van der Waals surface area contributed by atoms with E-state index in [1.165, 1.54) is 22.9 Å². The quantitative estimate of drug-likeness (QED) is 0.711.